The van der Waals surface area contributed by atoms with Gasteiger partial charge >= 0.3 is 6.18 Å². The number of hydrogen-bond acceptors (Lipinski definition) is 1. The Labute approximate surface area is 152 Å². The van der Waals surface area contributed by atoms with Crippen molar-refractivity contribution in [3.63, 3.8) is 0 Å². The van der Waals surface area contributed by atoms with Gasteiger partial charge in [-0.25, -0.2) is 0 Å². The predicted molar refractivity (Wildman–Crippen MR) is 98.5 cm³/mol. The van der Waals surface area contributed by atoms with Crippen LogP contribution in [-0.2, 0) is 10.7 Å². The highest BCUT2D eigenvalue weighted by atomic mass is 79.9. The van der Waals surface area contributed by atoms with Crippen molar-refractivity contribution >= 4 is 39.0 Å². The van der Waals surface area contributed by atoms with Crippen LogP contribution in [0.4, 0.5) is 13.2 Å². The van der Waals surface area contributed by atoms with E-state index in [0.717, 1.165) is 12.1 Å². The van der Waals surface area contributed by atoms with E-state index in [2.05, 4.69) is 15.9 Å². The molecule has 0 N–H and O–H groups in total. The summed E-state index contributed by atoms with van der Waals surface area (Å²) in [4.78, 5) is 0. The number of alkyl halides is 3. The number of halogens is 4. The molecule has 0 radical (unpaired) electrons. The van der Waals surface area contributed by atoms with Gasteiger partial charge in [-0.3, -0.25) is 0 Å². The van der Waals surface area contributed by atoms with Gasteiger partial charge < -0.3 is 4.57 Å². The molecule has 0 heterocycles. The first-order chi connectivity index (χ1) is 11.8. The van der Waals surface area contributed by atoms with E-state index in [1.807, 2.05) is 0 Å². The molecule has 3 rings (SSSR count). The molecular formula is C19H13BrF3OP. The van der Waals surface area contributed by atoms with Crippen molar-refractivity contribution in [1.29, 1.82) is 0 Å². The Morgan fingerprint density at radius 3 is 1.64 bits per heavy atom. The summed E-state index contributed by atoms with van der Waals surface area (Å²) in [7, 11) is -3.43. The van der Waals surface area contributed by atoms with Crippen LogP contribution in [0.5, 0.6) is 0 Å². The number of rotatable bonds is 3. The molecule has 0 saturated carbocycles. The largest absolute Gasteiger partial charge is 0.416 e. The van der Waals surface area contributed by atoms with Crippen LogP contribution in [0.2, 0.25) is 0 Å². The lowest BCUT2D eigenvalue weighted by molar-refractivity contribution is -0.137. The van der Waals surface area contributed by atoms with E-state index in [1.54, 1.807) is 60.7 Å². The van der Waals surface area contributed by atoms with Crippen molar-refractivity contribution in [1.82, 2.24) is 0 Å². The molecule has 0 atom stereocenters. The molecule has 25 heavy (non-hydrogen) atoms. The van der Waals surface area contributed by atoms with Crippen LogP contribution in [0.3, 0.4) is 0 Å². The molecule has 0 unspecified atom stereocenters. The van der Waals surface area contributed by atoms with Crippen molar-refractivity contribution in [2.24, 2.45) is 0 Å². The van der Waals surface area contributed by atoms with Crippen LogP contribution in [0, 0.1) is 0 Å². The maximum absolute atomic E-state index is 14.1. The van der Waals surface area contributed by atoms with Gasteiger partial charge in [0.05, 0.1) is 5.56 Å². The molecule has 6 heteroatoms. The van der Waals surface area contributed by atoms with Gasteiger partial charge in [0.15, 0.2) is 7.14 Å². The van der Waals surface area contributed by atoms with Gasteiger partial charge in [0.2, 0.25) is 0 Å². The zero-order valence-electron chi connectivity index (χ0n) is 12.9. The van der Waals surface area contributed by atoms with E-state index in [1.165, 1.54) is 6.07 Å². The van der Waals surface area contributed by atoms with Crippen LogP contribution in [0.1, 0.15) is 5.56 Å². The standard InChI is InChI=1S/C19H13BrF3OP/c20-15-11-14(19(21,22)23)12-18(13-15)25(24,16-7-3-1-4-8-16)17-9-5-2-6-10-17/h1-13H. The highest BCUT2D eigenvalue weighted by Gasteiger charge is 2.35. The summed E-state index contributed by atoms with van der Waals surface area (Å²) in [5.74, 6) is 0. The fourth-order valence-electron chi connectivity index (χ4n) is 2.64. The van der Waals surface area contributed by atoms with Gasteiger partial charge in [0.1, 0.15) is 0 Å². The van der Waals surface area contributed by atoms with Crippen LogP contribution in [0.25, 0.3) is 0 Å². The van der Waals surface area contributed by atoms with Crippen molar-refractivity contribution in [3.8, 4) is 0 Å². The highest BCUT2D eigenvalue weighted by molar-refractivity contribution is 9.10. The van der Waals surface area contributed by atoms with Gasteiger partial charge in [0, 0.05) is 20.4 Å². The first kappa shape index (κ1) is 18.0. The second-order valence-corrected chi connectivity index (χ2v) is 9.16. The van der Waals surface area contributed by atoms with E-state index in [4.69, 9.17) is 0 Å². The Hall–Kier alpha value is -1.84. The molecule has 3 aromatic carbocycles. The highest BCUT2D eigenvalue weighted by Crippen LogP contribution is 2.44. The summed E-state index contributed by atoms with van der Waals surface area (Å²) in [5, 5.41) is 1.13. The normalized spacial score (nSPS) is 12.2. The molecule has 128 valence electrons. The lowest BCUT2D eigenvalue weighted by atomic mass is 10.2. The van der Waals surface area contributed by atoms with Crippen molar-refractivity contribution in [2.75, 3.05) is 0 Å². The molecule has 0 aliphatic rings. The Morgan fingerprint density at radius 2 is 1.20 bits per heavy atom. The summed E-state index contributed by atoms with van der Waals surface area (Å²) in [6.07, 6.45) is -4.52. The number of hydrogen-bond donors (Lipinski definition) is 0. The van der Waals surface area contributed by atoms with Crippen LogP contribution >= 0.6 is 23.1 Å². The molecule has 0 amide bonds. The van der Waals surface area contributed by atoms with Crippen molar-refractivity contribution in [2.45, 2.75) is 6.18 Å². The maximum atomic E-state index is 14.1. The lowest BCUT2D eigenvalue weighted by Gasteiger charge is -2.21. The van der Waals surface area contributed by atoms with Crippen molar-refractivity contribution < 1.29 is 17.7 Å². The monoisotopic (exact) mass is 424 g/mol. The lowest BCUT2D eigenvalue weighted by Crippen LogP contribution is -2.26. The van der Waals surface area contributed by atoms with E-state index < -0.39 is 18.9 Å². The minimum atomic E-state index is -4.52. The maximum Gasteiger partial charge on any atom is 0.416 e. The second-order valence-electron chi connectivity index (χ2n) is 5.48. The SMILES string of the molecule is O=P(c1ccccc1)(c1ccccc1)c1cc(Br)cc(C(F)(F)F)c1. The Morgan fingerprint density at radius 1 is 0.720 bits per heavy atom. The fourth-order valence-corrected chi connectivity index (χ4v) is 6.03. The molecule has 1 nitrogen and oxygen atoms in total. The zero-order chi connectivity index (χ0) is 18.1. The average Bonchev–Trinajstić information content (AvgIpc) is 2.61. The minimum Gasteiger partial charge on any atom is -0.309 e. The summed E-state index contributed by atoms with van der Waals surface area (Å²) < 4.78 is 54.0. The van der Waals surface area contributed by atoms with E-state index in [9.17, 15) is 17.7 Å². The first-order valence-electron chi connectivity index (χ1n) is 7.41. The molecule has 0 fully saturated rings. The second kappa shape index (κ2) is 6.81. The summed E-state index contributed by atoms with van der Waals surface area (Å²) in [6, 6.07) is 20.7. The molecule has 0 aliphatic carbocycles. The molecule has 0 aromatic heterocycles. The van der Waals surface area contributed by atoms with Crippen molar-refractivity contribution in [3.05, 3.63) is 88.9 Å². The van der Waals surface area contributed by atoms with Crippen LogP contribution in [-0.4, -0.2) is 0 Å². The number of benzene rings is 3. The molecular weight excluding hydrogens is 412 g/mol. The van der Waals surface area contributed by atoms with E-state index in [0.29, 0.717) is 10.6 Å². The molecule has 0 bridgehead atoms. The van der Waals surface area contributed by atoms with Gasteiger partial charge in [-0.2, -0.15) is 13.2 Å². The summed E-state index contributed by atoms with van der Waals surface area (Å²) >= 11 is 3.12. The Balaban J connectivity index is 2.31. The van der Waals surface area contributed by atoms with Crippen LogP contribution in [0.15, 0.2) is 83.3 Å². The molecule has 0 spiro atoms. The first-order valence-corrected chi connectivity index (χ1v) is 9.91. The smallest absolute Gasteiger partial charge is 0.309 e. The minimum absolute atomic E-state index is 0.145. The zero-order valence-corrected chi connectivity index (χ0v) is 15.4. The van der Waals surface area contributed by atoms with E-state index in [-0.39, 0.29) is 9.78 Å². The third kappa shape index (κ3) is 3.58. The Bertz CT molecular complexity index is 881. The Kier molecular flexibility index (Phi) is 4.90. The summed E-state index contributed by atoms with van der Waals surface area (Å²) in [6.45, 7) is 0. The molecule has 3 aromatic rings. The average molecular weight is 425 g/mol. The van der Waals surface area contributed by atoms with Gasteiger partial charge in [-0.1, -0.05) is 76.6 Å². The third-order valence-electron chi connectivity index (χ3n) is 3.81. The predicted octanol–water partition coefficient (Wildman–Crippen LogP) is 5.11. The molecule has 0 aliphatic heterocycles. The van der Waals surface area contributed by atoms with Gasteiger partial charge in [-0.05, 0) is 18.2 Å². The fraction of sp³-hybridized carbons (Fsp3) is 0.0526. The summed E-state index contributed by atoms with van der Waals surface area (Å²) in [5.41, 5.74) is -0.830. The van der Waals surface area contributed by atoms with Crippen LogP contribution < -0.4 is 15.9 Å². The third-order valence-corrected chi connectivity index (χ3v) is 7.31. The topological polar surface area (TPSA) is 17.1 Å². The molecule has 0 saturated heterocycles. The van der Waals surface area contributed by atoms with E-state index >= 15 is 0 Å². The van der Waals surface area contributed by atoms with Gasteiger partial charge in [0.25, 0.3) is 0 Å². The quantitative estimate of drug-likeness (QED) is 0.534. The van der Waals surface area contributed by atoms with Gasteiger partial charge in [-0.15, -0.1) is 0 Å².